The summed E-state index contributed by atoms with van der Waals surface area (Å²) in [5.41, 5.74) is 0.233. The molecule has 0 aliphatic heterocycles. The van der Waals surface area contributed by atoms with Crippen molar-refractivity contribution >= 4 is 40.7 Å². The van der Waals surface area contributed by atoms with Crippen molar-refractivity contribution in [2.45, 2.75) is 0 Å². The van der Waals surface area contributed by atoms with Crippen LogP contribution >= 0.6 is 23.2 Å². The SMILES string of the molecule is O=C(O)c1n[nH]nc1Nc1cc(Cl)ccc1Cl. The monoisotopic (exact) mass is 272 g/mol. The molecular formula is C9H6Cl2N4O2. The van der Waals surface area contributed by atoms with E-state index in [1.165, 1.54) is 0 Å². The van der Waals surface area contributed by atoms with Crippen LogP contribution in [0.5, 0.6) is 0 Å². The number of aromatic nitrogens is 3. The van der Waals surface area contributed by atoms with Gasteiger partial charge in [-0.25, -0.2) is 4.79 Å². The fourth-order valence-corrected chi connectivity index (χ4v) is 1.52. The third-order valence-corrected chi connectivity index (χ3v) is 2.50. The van der Waals surface area contributed by atoms with Crippen molar-refractivity contribution in [3.63, 3.8) is 0 Å². The van der Waals surface area contributed by atoms with Crippen LogP contribution in [0, 0.1) is 0 Å². The number of hydrogen-bond acceptors (Lipinski definition) is 4. The van der Waals surface area contributed by atoms with Gasteiger partial charge in [0.25, 0.3) is 0 Å². The van der Waals surface area contributed by atoms with Gasteiger partial charge in [-0.15, -0.1) is 10.2 Å². The van der Waals surface area contributed by atoms with Gasteiger partial charge in [0, 0.05) is 5.02 Å². The summed E-state index contributed by atoms with van der Waals surface area (Å²) in [5.74, 6) is -1.12. The first-order chi connectivity index (χ1) is 8.08. The van der Waals surface area contributed by atoms with Gasteiger partial charge in [-0.05, 0) is 18.2 Å². The van der Waals surface area contributed by atoms with Crippen LogP contribution in [0.25, 0.3) is 0 Å². The molecular weight excluding hydrogens is 267 g/mol. The van der Waals surface area contributed by atoms with Gasteiger partial charge in [-0.2, -0.15) is 5.21 Å². The number of nitrogens with one attached hydrogen (secondary N) is 2. The van der Waals surface area contributed by atoms with Gasteiger partial charge >= 0.3 is 5.97 Å². The fraction of sp³-hybridized carbons (Fsp3) is 0. The Kier molecular flexibility index (Phi) is 3.16. The van der Waals surface area contributed by atoms with E-state index >= 15 is 0 Å². The zero-order chi connectivity index (χ0) is 12.4. The second-order valence-electron chi connectivity index (χ2n) is 3.08. The maximum Gasteiger partial charge on any atom is 0.360 e. The first kappa shape index (κ1) is 11.7. The van der Waals surface area contributed by atoms with Gasteiger partial charge in [-0.1, -0.05) is 23.2 Å². The lowest BCUT2D eigenvalue weighted by atomic mass is 10.3. The Hall–Kier alpha value is -1.79. The highest BCUT2D eigenvalue weighted by molar-refractivity contribution is 6.35. The molecule has 2 rings (SSSR count). The maximum absolute atomic E-state index is 10.8. The molecule has 2 aromatic rings. The smallest absolute Gasteiger partial charge is 0.360 e. The van der Waals surface area contributed by atoms with E-state index in [1.807, 2.05) is 0 Å². The highest BCUT2D eigenvalue weighted by Gasteiger charge is 2.16. The molecule has 0 spiro atoms. The molecule has 1 heterocycles. The Balaban J connectivity index is 2.34. The number of carboxylic acids is 1. The van der Waals surface area contributed by atoms with Gasteiger partial charge in [0.05, 0.1) is 10.7 Å². The average molecular weight is 273 g/mol. The van der Waals surface area contributed by atoms with Crippen LogP contribution in [-0.2, 0) is 0 Å². The van der Waals surface area contributed by atoms with Crippen molar-refractivity contribution in [3.05, 3.63) is 33.9 Å². The number of aromatic carboxylic acids is 1. The lowest BCUT2D eigenvalue weighted by Crippen LogP contribution is -2.02. The van der Waals surface area contributed by atoms with Crippen LogP contribution < -0.4 is 5.32 Å². The normalized spacial score (nSPS) is 10.2. The predicted molar refractivity (Wildman–Crippen MR) is 63.1 cm³/mol. The number of halogens is 2. The minimum atomic E-state index is -1.19. The molecule has 0 atom stereocenters. The molecule has 6 nitrogen and oxygen atoms in total. The number of aromatic amines is 1. The maximum atomic E-state index is 10.8. The van der Waals surface area contributed by atoms with Crippen LogP contribution in [0.15, 0.2) is 18.2 Å². The van der Waals surface area contributed by atoms with Crippen LogP contribution in [0.3, 0.4) is 0 Å². The highest BCUT2D eigenvalue weighted by atomic mass is 35.5. The molecule has 0 saturated heterocycles. The number of hydrogen-bond donors (Lipinski definition) is 3. The molecule has 0 fully saturated rings. The number of nitrogens with zero attached hydrogens (tertiary/aromatic N) is 2. The predicted octanol–water partition coefficient (Wildman–Crippen LogP) is 2.55. The largest absolute Gasteiger partial charge is 0.476 e. The van der Waals surface area contributed by atoms with E-state index in [1.54, 1.807) is 18.2 Å². The third kappa shape index (κ3) is 2.48. The molecule has 1 aromatic heterocycles. The van der Waals surface area contributed by atoms with Gasteiger partial charge in [0.2, 0.25) is 5.69 Å². The number of carbonyl (C=O) groups is 1. The molecule has 0 saturated carbocycles. The summed E-state index contributed by atoms with van der Waals surface area (Å²) in [6.45, 7) is 0. The number of carboxylic acid groups (broad SMARTS) is 1. The van der Waals surface area contributed by atoms with Crippen molar-refractivity contribution in [1.29, 1.82) is 0 Å². The number of benzene rings is 1. The second-order valence-corrected chi connectivity index (χ2v) is 3.92. The first-order valence-corrected chi connectivity index (χ1v) is 5.19. The van der Waals surface area contributed by atoms with E-state index in [0.29, 0.717) is 15.7 Å². The summed E-state index contributed by atoms with van der Waals surface area (Å²) in [4.78, 5) is 10.8. The molecule has 88 valence electrons. The zero-order valence-electron chi connectivity index (χ0n) is 8.24. The highest BCUT2D eigenvalue weighted by Crippen LogP contribution is 2.28. The lowest BCUT2D eigenvalue weighted by Gasteiger charge is -2.05. The molecule has 3 N–H and O–H groups in total. The van der Waals surface area contributed by atoms with Crippen molar-refractivity contribution in [2.24, 2.45) is 0 Å². The van der Waals surface area contributed by atoms with Crippen LogP contribution in [0.2, 0.25) is 10.0 Å². The van der Waals surface area contributed by atoms with E-state index < -0.39 is 5.97 Å². The molecule has 0 unspecified atom stereocenters. The van der Waals surface area contributed by atoms with E-state index in [2.05, 4.69) is 20.7 Å². The molecule has 17 heavy (non-hydrogen) atoms. The van der Waals surface area contributed by atoms with Crippen LogP contribution in [-0.4, -0.2) is 26.5 Å². The Morgan fingerprint density at radius 2 is 2.12 bits per heavy atom. The molecule has 0 amide bonds. The molecule has 8 heteroatoms. The second kappa shape index (κ2) is 4.60. The van der Waals surface area contributed by atoms with Gasteiger partial charge in [-0.3, -0.25) is 0 Å². The van der Waals surface area contributed by atoms with Crippen LogP contribution in [0.4, 0.5) is 11.5 Å². The Morgan fingerprint density at radius 3 is 2.82 bits per heavy atom. The Labute approximate surface area is 106 Å². The van der Waals surface area contributed by atoms with E-state index in [4.69, 9.17) is 28.3 Å². The van der Waals surface area contributed by atoms with Gasteiger partial charge < -0.3 is 10.4 Å². The summed E-state index contributed by atoms with van der Waals surface area (Å²) >= 11 is 11.7. The van der Waals surface area contributed by atoms with Crippen molar-refractivity contribution in [2.75, 3.05) is 5.32 Å². The molecule has 0 radical (unpaired) electrons. The standard InChI is InChI=1S/C9H6Cl2N4O2/c10-4-1-2-5(11)6(3-4)12-8-7(9(16)17)13-15-14-8/h1-3H,(H,16,17)(H2,12,13,14,15). The third-order valence-electron chi connectivity index (χ3n) is 1.93. The van der Waals surface area contributed by atoms with E-state index in [-0.39, 0.29) is 11.5 Å². The van der Waals surface area contributed by atoms with Gasteiger partial charge in [0.15, 0.2) is 5.82 Å². The summed E-state index contributed by atoms with van der Waals surface area (Å²) in [7, 11) is 0. The number of anilines is 2. The molecule has 0 bridgehead atoms. The Morgan fingerprint density at radius 1 is 1.35 bits per heavy atom. The van der Waals surface area contributed by atoms with Crippen LogP contribution in [0.1, 0.15) is 10.5 Å². The number of rotatable bonds is 3. The van der Waals surface area contributed by atoms with E-state index in [0.717, 1.165) is 0 Å². The topological polar surface area (TPSA) is 90.9 Å². The summed E-state index contributed by atoms with van der Waals surface area (Å²) < 4.78 is 0. The van der Waals surface area contributed by atoms with Crippen molar-refractivity contribution in [3.8, 4) is 0 Å². The fourth-order valence-electron chi connectivity index (χ4n) is 1.19. The number of H-pyrrole nitrogens is 1. The first-order valence-electron chi connectivity index (χ1n) is 4.44. The van der Waals surface area contributed by atoms with Crippen molar-refractivity contribution < 1.29 is 9.90 Å². The summed E-state index contributed by atoms with van der Waals surface area (Å²) in [5, 5.41) is 21.8. The van der Waals surface area contributed by atoms with Crippen molar-refractivity contribution in [1.82, 2.24) is 15.4 Å². The average Bonchev–Trinajstić information content (AvgIpc) is 2.71. The minimum Gasteiger partial charge on any atom is -0.476 e. The zero-order valence-corrected chi connectivity index (χ0v) is 9.75. The minimum absolute atomic E-state index is 0.0710. The van der Waals surface area contributed by atoms with E-state index in [9.17, 15) is 4.79 Å². The Bertz CT molecular complexity index is 570. The summed E-state index contributed by atoms with van der Waals surface area (Å²) in [6.07, 6.45) is 0. The molecule has 0 aliphatic rings. The van der Waals surface area contributed by atoms with Gasteiger partial charge in [0.1, 0.15) is 0 Å². The molecule has 0 aliphatic carbocycles. The molecule has 1 aromatic carbocycles. The summed E-state index contributed by atoms with van der Waals surface area (Å²) in [6, 6.07) is 4.77. The lowest BCUT2D eigenvalue weighted by molar-refractivity contribution is 0.0691. The quantitative estimate of drug-likeness (QED) is 0.799.